The molecule has 0 radical (unpaired) electrons. The SMILES string of the molecule is CCNC(CCN1CCCC(CC)C1)c1ccc(C)cc1. The van der Waals surface area contributed by atoms with E-state index in [1.54, 1.807) is 0 Å². The minimum atomic E-state index is 0.498. The zero-order valence-electron chi connectivity index (χ0n) is 14.1. The average Bonchev–Trinajstić information content (AvgIpc) is 2.52. The summed E-state index contributed by atoms with van der Waals surface area (Å²) >= 11 is 0. The maximum Gasteiger partial charge on any atom is 0.0332 e. The summed E-state index contributed by atoms with van der Waals surface area (Å²) in [5, 5.41) is 3.66. The van der Waals surface area contributed by atoms with Crippen molar-refractivity contribution in [3.8, 4) is 0 Å². The minimum Gasteiger partial charge on any atom is -0.310 e. The Morgan fingerprint density at radius 2 is 2.00 bits per heavy atom. The lowest BCUT2D eigenvalue weighted by molar-refractivity contribution is 0.165. The van der Waals surface area contributed by atoms with Crippen LogP contribution in [0.2, 0.25) is 0 Å². The number of rotatable bonds is 7. The van der Waals surface area contributed by atoms with Crippen LogP contribution in [0.15, 0.2) is 24.3 Å². The van der Waals surface area contributed by atoms with Gasteiger partial charge in [0.1, 0.15) is 0 Å². The van der Waals surface area contributed by atoms with E-state index >= 15 is 0 Å². The molecule has 1 heterocycles. The number of hydrogen-bond acceptors (Lipinski definition) is 2. The predicted molar refractivity (Wildman–Crippen MR) is 91.7 cm³/mol. The molecule has 2 unspecified atom stereocenters. The third-order valence-corrected chi connectivity index (χ3v) is 4.84. The molecule has 1 N–H and O–H groups in total. The van der Waals surface area contributed by atoms with Gasteiger partial charge in [-0.2, -0.15) is 0 Å². The van der Waals surface area contributed by atoms with Crippen molar-refractivity contribution < 1.29 is 0 Å². The highest BCUT2D eigenvalue weighted by molar-refractivity contribution is 5.24. The van der Waals surface area contributed by atoms with Crippen molar-refractivity contribution >= 4 is 0 Å². The van der Waals surface area contributed by atoms with Crippen molar-refractivity contribution in [1.29, 1.82) is 0 Å². The van der Waals surface area contributed by atoms with E-state index in [4.69, 9.17) is 0 Å². The van der Waals surface area contributed by atoms with Gasteiger partial charge in [-0.25, -0.2) is 0 Å². The molecule has 1 saturated heterocycles. The summed E-state index contributed by atoms with van der Waals surface area (Å²) in [5.41, 5.74) is 2.78. The van der Waals surface area contributed by atoms with Crippen molar-refractivity contribution in [3.63, 3.8) is 0 Å². The summed E-state index contributed by atoms with van der Waals surface area (Å²) in [7, 11) is 0. The molecular weight excluding hydrogens is 256 g/mol. The van der Waals surface area contributed by atoms with Gasteiger partial charge in [0.05, 0.1) is 0 Å². The summed E-state index contributed by atoms with van der Waals surface area (Å²) in [6.07, 6.45) is 5.37. The van der Waals surface area contributed by atoms with Gasteiger partial charge in [-0.05, 0) is 57.3 Å². The van der Waals surface area contributed by atoms with Crippen LogP contribution in [0.3, 0.4) is 0 Å². The molecule has 1 aliphatic rings. The summed E-state index contributed by atoms with van der Waals surface area (Å²) in [6, 6.07) is 9.53. The fourth-order valence-corrected chi connectivity index (χ4v) is 3.43. The molecule has 2 heteroatoms. The Labute approximate surface area is 130 Å². The second kappa shape index (κ2) is 8.55. The molecule has 2 rings (SSSR count). The van der Waals surface area contributed by atoms with E-state index in [1.165, 1.54) is 56.4 Å². The average molecular weight is 288 g/mol. The van der Waals surface area contributed by atoms with E-state index in [-0.39, 0.29) is 0 Å². The lowest BCUT2D eigenvalue weighted by atomic mass is 9.95. The van der Waals surface area contributed by atoms with Crippen LogP contribution < -0.4 is 5.32 Å². The molecule has 0 spiro atoms. The van der Waals surface area contributed by atoms with Crippen molar-refractivity contribution in [2.45, 2.75) is 52.5 Å². The van der Waals surface area contributed by atoms with Crippen molar-refractivity contribution in [1.82, 2.24) is 10.2 Å². The number of piperidine rings is 1. The number of hydrogen-bond donors (Lipinski definition) is 1. The molecule has 1 aliphatic heterocycles. The summed E-state index contributed by atoms with van der Waals surface area (Å²) in [4.78, 5) is 2.68. The lowest BCUT2D eigenvalue weighted by Gasteiger charge is -2.33. The van der Waals surface area contributed by atoms with Gasteiger partial charge in [0, 0.05) is 12.6 Å². The number of nitrogens with one attached hydrogen (secondary N) is 1. The van der Waals surface area contributed by atoms with Gasteiger partial charge in [-0.15, -0.1) is 0 Å². The first-order valence-corrected chi connectivity index (χ1v) is 8.75. The second-order valence-electron chi connectivity index (χ2n) is 6.53. The van der Waals surface area contributed by atoms with Crippen molar-refractivity contribution in [2.75, 3.05) is 26.2 Å². The normalized spacial score (nSPS) is 21.4. The van der Waals surface area contributed by atoms with E-state index in [2.05, 4.69) is 55.3 Å². The zero-order chi connectivity index (χ0) is 15.1. The first-order valence-electron chi connectivity index (χ1n) is 8.75. The van der Waals surface area contributed by atoms with E-state index in [0.717, 1.165) is 12.5 Å². The van der Waals surface area contributed by atoms with Crippen LogP contribution in [-0.2, 0) is 0 Å². The Morgan fingerprint density at radius 3 is 2.67 bits per heavy atom. The molecule has 0 saturated carbocycles. The monoisotopic (exact) mass is 288 g/mol. The van der Waals surface area contributed by atoms with Crippen molar-refractivity contribution in [2.24, 2.45) is 5.92 Å². The molecular formula is C19H32N2. The summed E-state index contributed by atoms with van der Waals surface area (Å²) in [6.45, 7) is 11.6. The fraction of sp³-hybridized carbons (Fsp3) is 0.684. The van der Waals surface area contributed by atoms with E-state index in [0.29, 0.717) is 6.04 Å². The Hall–Kier alpha value is -0.860. The topological polar surface area (TPSA) is 15.3 Å². The van der Waals surface area contributed by atoms with E-state index < -0.39 is 0 Å². The quantitative estimate of drug-likeness (QED) is 0.810. The van der Waals surface area contributed by atoms with Gasteiger partial charge in [-0.3, -0.25) is 0 Å². The summed E-state index contributed by atoms with van der Waals surface area (Å²) < 4.78 is 0. The number of nitrogens with zero attached hydrogens (tertiary/aromatic N) is 1. The van der Waals surface area contributed by atoms with Crippen LogP contribution >= 0.6 is 0 Å². The highest BCUT2D eigenvalue weighted by atomic mass is 15.1. The van der Waals surface area contributed by atoms with Gasteiger partial charge in [0.25, 0.3) is 0 Å². The molecule has 1 aromatic rings. The highest BCUT2D eigenvalue weighted by Crippen LogP contribution is 2.22. The largest absolute Gasteiger partial charge is 0.310 e. The maximum absolute atomic E-state index is 3.66. The molecule has 2 nitrogen and oxygen atoms in total. The smallest absolute Gasteiger partial charge is 0.0332 e. The molecule has 118 valence electrons. The Balaban J connectivity index is 1.89. The lowest BCUT2D eigenvalue weighted by Crippen LogP contribution is -2.37. The van der Waals surface area contributed by atoms with Crippen LogP contribution in [-0.4, -0.2) is 31.1 Å². The molecule has 0 bridgehead atoms. The molecule has 0 aliphatic carbocycles. The van der Waals surface area contributed by atoms with Gasteiger partial charge in [0.2, 0.25) is 0 Å². The molecule has 2 atom stereocenters. The second-order valence-corrected chi connectivity index (χ2v) is 6.53. The first-order chi connectivity index (χ1) is 10.2. The maximum atomic E-state index is 3.66. The van der Waals surface area contributed by atoms with Crippen LogP contribution in [0.5, 0.6) is 0 Å². The van der Waals surface area contributed by atoms with Gasteiger partial charge in [-0.1, -0.05) is 50.1 Å². The molecule has 1 fully saturated rings. The number of aryl methyl sites for hydroxylation is 1. The zero-order valence-corrected chi connectivity index (χ0v) is 14.1. The Kier molecular flexibility index (Phi) is 6.72. The fourth-order valence-electron chi connectivity index (χ4n) is 3.43. The van der Waals surface area contributed by atoms with Crippen LogP contribution in [0.4, 0.5) is 0 Å². The van der Waals surface area contributed by atoms with E-state index in [9.17, 15) is 0 Å². The van der Waals surface area contributed by atoms with Crippen molar-refractivity contribution in [3.05, 3.63) is 35.4 Å². The molecule has 0 amide bonds. The third-order valence-electron chi connectivity index (χ3n) is 4.84. The molecule has 1 aromatic carbocycles. The molecule has 0 aromatic heterocycles. The first kappa shape index (κ1) is 16.5. The predicted octanol–water partition coefficient (Wildman–Crippen LogP) is 4.16. The standard InChI is InChI=1S/C19H32N2/c1-4-17-7-6-13-21(15-17)14-12-19(20-5-2)18-10-8-16(3)9-11-18/h8-11,17,19-20H,4-7,12-15H2,1-3H3. The Bertz CT molecular complexity index is 399. The van der Waals surface area contributed by atoms with Crippen LogP contribution in [0.1, 0.15) is 56.7 Å². The van der Waals surface area contributed by atoms with Gasteiger partial charge < -0.3 is 10.2 Å². The number of benzene rings is 1. The number of likely N-dealkylation sites (tertiary alicyclic amines) is 1. The van der Waals surface area contributed by atoms with Crippen LogP contribution in [0.25, 0.3) is 0 Å². The highest BCUT2D eigenvalue weighted by Gasteiger charge is 2.19. The van der Waals surface area contributed by atoms with E-state index in [1.807, 2.05) is 0 Å². The van der Waals surface area contributed by atoms with Gasteiger partial charge >= 0.3 is 0 Å². The minimum absolute atomic E-state index is 0.498. The third kappa shape index (κ3) is 5.12. The van der Waals surface area contributed by atoms with Gasteiger partial charge in [0.15, 0.2) is 0 Å². The summed E-state index contributed by atoms with van der Waals surface area (Å²) in [5.74, 6) is 0.927. The molecule has 21 heavy (non-hydrogen) atoms. The Morgan fingerprint density at radius 1 is 1.24 bits per heavy atom. The van der Waals surface area contributed by atoms with Crippen LogP contribution in [0, 0.1) is 12.8 Å².